The molecule has 1 saturated heterocycles. The van der Waals surface area contributed by atoms with Crippen molar-refractivity contribution in [3.8, 4) is 5.75 Å². The number of anilines is 1. The van der Waals surface area contributed by atoms with Crippen LogP contribution in [-0.4, -0.2) is 67.5 Å². The minimum absolute atomic E-state index is 0.0413. The van der Waals surface area contributed by atoms with Gasteiger partial charge in [-0.3, -0.25) is 14.5 Å². The second kappa shape index (κ2) is 9.96. The number of unbranched alkanes of at least 4 members (excludes halogenated alkanes) is 1. The van der Waals surface area contributed by atoms with Crippen LogP contribution in [0.1, 0.15) is 35.7 Å². The van der Waals surface area contributed by atoms with Crippen LogP contribution in [0.2, 0.25) is 0 Å². The topological polar surface area (TPSA) is 53.1 Å². The lowest BCUT2D eigenvalue weighted by Crippen LogP contribution is -2.51. The Kier molecular flexibility index (Phi) is 6.87. The van der Waals surface area contributed by atoms with Crippen molar-refractivity contribution in [3.05, 3.63) is 59.7 Å². The lowest BCUT2D eigenvalue weighted by atomic mass is 10.1. The van der Waals surface area contributed by atoms with Gasteiger partial charge in [0.1, 0.15) is 5.75 Å². The van der Waals surface area contributed by atoms with Gasteiger partial charge in [0.05, 0.1) is 13.2 Å². The number of para-hydroxylation sites is 1. The molecule has 4 rings (SSSR count). The molecule has 2 aromatic carbocycles. The van der Waals surface area contributed by atoms with Crippen LogP contribution >= 0.6 is 0 Å². The molecule has 0 unspecified atom stereocenters. The summed E-state index contributed by atoms with van der Waals surface area (Å²) in [5, 5.41) is 0. The first-order chi connectivity index (χ1) is 15.2. The standard InChI is InChI=1S/C25H31N3O3/c1-2-3-18-31-22-10-8-21(9-11-22)25(30)27-16-14-26(15-17-27)19-24(29)28-13-12-20-6-4-5-7-23(20)28/h4-11H,2-3,12-19H2,1H3. The van der Waals surface area contributed by atoms with Crippen LogP contribution in [0, 0.1) is 0 Å². The van der Waals surface area contributed by atoms with E-state index in [0.29, 0.717) is 44.9 Å². The average molecular weight is 422 g/mol. The Morgan fingerprint density at radius 2 is 1.68 bits per heavy atom. The summed E-state index contributed by atoms with van der Waals surface area (Å²) in [6, 6.07) is 15.5. The van der Waals surface area contributed by atoms with Crippen LogP contribution < -0.4 is 9.64 Å². The summed E-state index contributed by atoms with van der Waals surface area (Å²) < 4.78 is 5.67. The van der Waals surface area contributed by atoms with Gasteiger partial charge in [0.25, 0.3) is 5.91 Å². The van der Waals surface area contributed by atoms with Crippen molar-refractivity contribution in [2.75, 3.05) is 50.8 Å². The largest absolute Gasteiger partial charge is 0.494 e. The Bertz CT molecular complexity index is 904. The Labute approximate surface area is 184 Å². The van der Waals surface area contributed by atoms with Crippen LogP contribution in [0.4, 0.5) is 5.69 Å². The molecule has 2 aliphatic heterocycles. The van der Waals surface area contributed by atoms with E-state index in [1.807, 2.05) is 52.3 Å². The molecule has 0 saturated carbocycles. The minimum atomic E-state index is 0.0413. The van der Waals surface area contributed by atoms with E-state index in [4.69, 9.17) is 4.74 Å². The van der Waals surface area contributed by atoms with Crippen LogP contribution in [0.25, 0.3) is 0 Å². The molecule has 0 N–H and O–H groups in total. The van der Waals surface area contributed by atoms with Gasteiger partial charge in [-0.1, -0.05) is 31.5 Å². The third kappa shape index (κ3) is 5.07. The van der Waals surface area contributed by atoms with Gasteiger partial charge in [-0.25, -0.2) is 0 Å². The van der Waals surface area contributed by atoms with E-state index >= 15 is 0 Å². The third-order valence-electron chi connectivity index (χ3n) is 6.07. The first-order valence-corrected chi connectivity index (χ1v) is 11.3. The number of fused-ring (bicyclic) bond motifs is 1. The molecule has 164 valence electrons. The Balaban J connectivity index is 1.26. The van der Waals surface area contributed by atoms with E-state index < -0.39 is 0 Å². The molecule has 0 radical (unpaired) electrons. The second-order valence-corrected chi connectivity index (χ2v) is 8.22. The van der Waals surface area contributed by atoms with Gasteiger partial charge in [0, 0.05) is 44.0 Å². The number of amides is 2. The summed E-state index contributed by atoms with van der Waals surface area (Å²) in [4.78, 5) is 31.6. The number of hydrogen-bond acceptors (Lipinski definition) is 4. The number of benzene rings is 2. The van der Waals surface area contributed by atoms with Crippen molar-refractivity contribution in [1.82, 2.24) is 9.80 Å². The maximum absolute atomic E-state index is 12.8. The zero-order valence-corrected chi connectivity index (χ0v) is 18.3. The number of carbonyl (C=O) groups excluding carboxylic acids is 2. The fourth-order valence-electron chi connectivity index (χ4n) is 4.19. The Morgan fingerprint density at radius 3 is 2.42 bits per heavy atom. The summed E-state index contributed by atoms with van der Waals surface area (Å²) in [5.74, 6) is 0.986. The highest BCUT2D eigenvalue weighted by atomic mass is 16.5. The van der Waals surface area contributed by atoms with E-state index in [0.717, 1.165) is 37.2 Å². The van der Waals surface area contributed by atoms with E-state index in [9.17, 15) is 9.59 Å². The predicted octanol–water partition coefficient (Wildman–Crippen LogP) is 3.21. The number of piperazine rings is 1. The average Bonchev–Trinajstić information content (AvgIpc) is 3.24. The zero-order valence-electron chi connectivity index (χ0n) is 18.3. The molecule has 31 heavy (non-hydrogen) atoms. The molecule has 2 heterocycles. The smallest absolute Gasteiger partial charge is 0.253 e. The van der Waals surface area contributed by atoms with Gasteiger partial charge in [-0.15, -0.1) is 0 Å². The first-order valence-electron chi connectivity index (χ1n) is 11.3. The van der Waals surface area contributed by atoms with Crippen molar-refractivity contribution in [2.45, 2.75) is 26.2 Å². The second-order valence-electron chi connectivity index (χ2n) is 8.22. The third-order valence-corrected chi connectivity index (χ3v) is 6.07. The number of hydrogen-bond donors (Lipinski definition) is 0. The monoisotopic (exact) mass is 421 g/mol. The number of nitrogens with zero attached hydrogens (tertiary/aromatic N) is 3. The van der Waals surface area contributed by atoms with Gasteiger partial charge in [-0.05, 0) is 48.7 Å². The van der Waals surface area contributed by atoms with Gasteiger partial charge in [0.2, 0.25) is 5.91 Å². The fraction of sp³-hybridized carbons (Fsp3) is 0.440. The van der Waals surface area contributed by atoms with Crippen LogP contribution in [0.3, 0.4) is 0 Å². The maximum atomic E-state index is 12.8. The van der Waals surface area contributed by atoms with Gasteiger partial charge >= 0.3 is 0 Å². The highest BCUT2D eigenvalue weighted by Crippen LogP contribution is 2.27. The molecule has 2 aliphatic rings. The highest BCUT2D eigenvalue weighted by Gasteiger charge is 2.28. The van der Waals surface area contributed by atoms with Crippen molar-refractivity contribution >= 4 is 17.5 Å². The molecule has 2 aromatic rings. The number of rotatable bonds is 7. The van der Waals surface area contributed by atoms with E-state index in [2.05, 4.69) is 17.9 Å². The number of carbonyl (C=O) groups is 2. The molecular weight excluding hydrogens is 390 g/mol. The van der Waals surface area contributed by atoms with E-state index in [1.165, 1.54) is 5.56 Å². The van der Waals surface area contributed by atoms with E-state index in [1.54, 1.807) is 0 Å². The SMILES string of the molecule is CCCCOc1ccc(C(=O)N2CCN(CC(=O)N3CCc4ccccc43)CC2)cc1. The first kappa shape index (κ1) is 21.4. The Hall–Kier alpha value is -2.86. The Morgan fingerprint density at radius 1 is 0.935 bits per heavy atom. The van der Waals surface area contributed by atoms with Crippen molar-refractivity contribution in [3.63, 3.8) is 0 Å². The summed E-state index contributed by atoms with van der Waals surface area (Å²) in [6.45, 7) is 6.69. The van der Waals surface area contributed by atoms with Crippen LogP contribution in [-0.2, 0) is 11.2 Å². The summed E-state index contributed by atoms with van der Waals surface area (Å²) >= 11 is 0. The molecule has 0 atom stereocenters. The fourth-order valence-corrected chi connectivity index (χ4v) is 4.19. The van der Waals surface area contributed by atoms with Crippen LogP contribution in [0.5, 0.6) is 5.75 Å². The van der Waals surface area contributed by atoms with Gasteiger partial charge in [0.15, 0.2) is 0 Å². The molecule has 0 spiro atoms. The summed E-state index contributed by atoms with van der Waals surface area (Å²) in [6.07, 6.45) is 3.05. The van der Waals surface area contributed by atoms with Crippen molar-refractivity contribution in [1.29, 1.82) is 0 Å². The molecule has 1 fully saturated rings. The minimum Gasteiger partial charge on any atom is -0.494 e. The molecule has 0 bridgehead atoms. The lowest BCUT2D eigenvalue weighted by Gasteiger charge is -2.35. The van der Waals surface area contributed by atoms with Crippen LogP contribution in [0.15, 0.2) is 48.5 Å². The molecule has 2 amide bonds. The zero-order chi connectivity index (χ0) is 21.6. The van der Waals surface area contributed by atoms with E-state index in [-0.39, 0.29) is 11.8 Å². The summed E-state index contributed by atoms with van der Waals surface area (Å²) in [5.41, 5.74) is 2.97. The normalized spacial score (nSPS) is 16.3. The quantitative estimate of drug-likeness (QED) is 0.645. The molecule has 6 nitrogen and oxygen atoms in total. The molecule has 0 aromatic heterocycles. The number of ether oxygens (including phenoxy) is 1. The van der Waals surface area contributed by atoms with Gasteiger partial charge in [-0.2, -0.15) is 0 Å². The molecule has 0 aliphatic carbocycles. The van der Waals surface area contributed by atoms with Gasteiger partial charge < -0.3 is 14.5 Å². The maximum Gasteiger partial charge on any atom is 0.253 e. The van der Waals surface area contributed by atoms with Crippen molar-refractivity contribution < 1.29 is 14.3 Å². The van der Waals surface area contributed by atoms with Crippen molar-refractivity contribution in [2.24, 2.45) is 0 Å². The predicted molar refractivity (Wildman–Crippen MR) is 122 cm³/mol. The highest BCUT2D eigenvalue weighted by molar-refractivity contribution is 5.97. The molecule has 6 heteroatoms. The molecular formula is C25H31N3O3. The summed E-state index contributed by atoms with van der Waals surface area (Å²) in [7, 11) is 0. The lowest BCUT2D eigenvalue weighted by molar-refractivity contribution is -0.120.